The van der Waals surface area contributed by atoms with Crippen molar-refractivity contribution in [2.45, 2.75) is 19.5 Å². The lowest BCUT2D eigenvalue weighted by Gasteiger charge is -2.24. The van der Waals surface area contributed by atoms with Gasteiger partial charge in [-0.15, -0.1) is 0 Å². The van der Waals surface area contributed by atoms with Gasteiger partial charge in [-0.1, -0.05) is 6.07 Å². The van der Waals surface area contributed by atoms with Crippen molar-refractivity contribution in [2.75, 3.05) is 33.4 Å². The summed E-state index contributed by atoms with van der Waals surface area (Å²) in [6.07, 6.45) is 0. The van der Waals surface area contributed by atoms with Crippen molar-refractivity contribution in [1.82, 2.24) is 4.90 Å². The minimum absolute atomic E-state index is 0.100. The van der Waals surface area contributed by atoms with Crippen LogP contribution in [-0.2, 0) is 11.3 Å². The number of hydrogen-bond donors (Lipinski definition) is 1. The van der Waals surface area contributed by atoms with Crippen molar-refractivity contribution in [3.63, 3.8) is 0 Å². The highest BCUT2D eigenvalue weighted by Gasteiger charge is 2.20. The van der Waals surface area contributed by atoms with Crippen molar-refractivity contribution < 1.29 is 23.7 Å². The monoisotopic (exact) mass is 372 g/mol. The first kappa shape index (κ1) is 18.8. The van der Waals surface area contributed by atoms with Gasteiger partial charge in [-0.05, 0) is 43.8 Å². The summed E-state index contributed by atoms with van der Waals surface area (Å²) in [6, 6.07) is 10.8. The van der Waals surface area contributed by atoms with Gasteiger partial charge in [0.25, 0.3) is 0 Å². The normalized spacial score (nSPS) is 13.4. The molecule has 0 aliphatic carbocycles. The van der Waals surface area contributed by atoms with Gasteiger partial charge in [0.2, 0.25) is 12.7 Å². The van der Waals surface area contributed by atoms with Gasteiger partial charge in [0.05, 0.1) is 20.3 Å². The van der Waals surface area contributed by atoms with Gasteiger partial charge in [0, 0.05) is 18.3 Å². The Kier molecular flexibility index (Phi) is 5.71. The molecule has 0 unspecified atom stereocenters. The van der Waals surface area contributed by atoms with Crippen LogP contribution in [0.25, 0.3) is 0 Å². The molecule has 1 aliphatic heterocycles. The Balaban J connectivity index is 1.62. The van der Waals surface area contributed by atoms with Gasteiger partial charge in [-0.25, -0.2) is 0 Å². The lowest BCUT2D eigenvalue weighted by molar-refractivity contribution is -0.120. The zero-order valence-corrected chi connectivity index (χ0v) is 15.9. The molecule has 7 nitrogen and oxygen atoms in total. The van der Waals surface area contributed by atoms with Crippen molar-refractivity contribution >= 4 is 11.6 Å². The number of nitrogens with zero attached hydrogens (tertiary/aromatic N) is 1. The van der Waals surface area contributed by atoms with Gasteiger partial charge in [0.15, 0.2) is 23.0 Å². The first-order valence-corrected chi connectivity index (χ1v) is 8.63. The van der Waals surface area contributed by atoms with E-state index < -0.39 is 0 Å². The van der Waals surface area contributed by atoms with Crippen LogP contribution in [-0.4, -0.2) is 44.9 Å². The summed E-state index contributed by atoms with van der Waals surface area (Å²) in [5.41, 5.74) is 1.70. The van der Waals surface area contributed by atoms with Crippen LogP contribution in [0.1, 0.15) is 12.5 Å². The third-order valence-corrected chi connectivity index (χ3v) is 4.56. The van der Waals surface area contributed by atoms with Gasteiger partial charge >= 0.3 is 0 Å². The van der Waals surface area contributed by atoms with Crippen LogP contribution in [0, 0.1) is 0 Å². The highest BCUT2D eigenvalue weighted by molar-refractivity contribution is 5.94. The Morgan fingerprint density at radius 1 is 1.11 bits per heavy atom. The van der Waals surface area contributed by atoms with Crippen LogP contribution < -0.4 is 24.3 Å². The number of likely N-dealkylation sites (N-methyl/N-ethyl adjacent to an activating group) is 1. The average Bonchev–Trinajstić information content (AvgIpc) is 3.14. The molecular formula is C20H24N2O5. The number of nitrogens with one attached hydrogen (secondary N) is 1. The number of benzene rings is 2. The van der Waals surface area contributed by atoms with Gasteiger partial charge < -0.3 is 24.3 Å². The van der Waals surface area contributed by atoms with Crippen LogP contribution in [0.2, 0.25) is 0 Å². The molecule has 0 radical (unpaired) electrons. The maximum absolute atomic E-state index is 12.6. The molecule has 1 amide bonds. The second kappa shape index (κ2) is 8.18. The number of amides is 1. The minimum Gasteiger partial charge on any atom is -0.493 e. The Labute approximate surface area is 158 Å². The SMILES string of the molecule is COc1ccc(CN(C)[C@@H](C)C(=O)Nc2ccc3c(c2)OCO3)cc1OC. The largest absolute Gasteiger partial charge is 0.493 e. The smallest absolute Gasteiger partial charge is 0.241 e. The maximum atomic E-state index is 12.6. The fourth-order valence-electron chi connectivity index (χ4n) is 2.83. The number of fused-ring (bicyclic) bond motifs is 1. The number of rotatable bonds is 7. The van der Waals surface area contributed by atoms with Crippen LogP contribution in [0.3, 0.4) is 0 Å². The Morgan fingerprint density at radius 3 is 2.59 bits per heavy atom. The molecule has 1 atom stereocenters. The van der Waals surface area contributed by atoms with E-state index >= 15 is 0 Å². The Morgan fingerprint density at radius 2 is 1.85 bits per heavy atom. The molecule has 0 spiro atoms. The van der Waals surface area contributed by atoms with Crippen molar-refractivity contribution in [2.24, 2.45) is 0 Å². The first-order chi connectivity index (χ1) is 13.0. The van der Waals surface area contributed by atoms with Gasteiger partial charge in [-0.3, -0.25) is 9.69 Å². The van der Waals surface area contributed by atoms with Crippen LogP contribution in [0.15, 0.2) is 36.4 Å². The number of carbonyl (C=O) groups is 1. The number of anilines is 1. The molecule has 1 N–H and O–H groups in total. The summed E-state index contributed by atoms with van der Waals surface area (Å²) in [7, 11) is 5.11. The van der Waals surface area contributed by atoms with E-state index in [1.807, 2.05) is 37.1 Å². The highest BCUT2D eigenvalue weighted by atomic mass is 16.7. The average molecular weight is 372 g/mol. The summed E-state index contributed by atoms with van der Waals surface area (Å²) in [5.74, 6) is 2.57. The van der Waals surface area contributed by atoms with E-state index in [-0.39, 0.29) is 18.7 Å². The molecule has 144 valence electrons. The van der Waals surface area contributed by atoms with E-state index in [0.29, 0.717) is 35.2 Å². The number of methoxy groups -OCH3 is 2. The molecule has 0 bridgehead atoms. The topological polar surface area (TPSA) is 69.3 Å². The van der Waals surface area contributed by atoms with E-state index in [1.165, 1.54) is 0 Å². The fraction of sp³-hybridized carbons (Fsp3) is 0.350. The van der Waals surface area contributed by atoms with Crippen LogP contribution in [0.4, 0.5) is 5.69 Å². The second-order valence-electron chi connectivity index (χ2n) is 6.34. The number of ether oxygens (including phenoxy) is 4. The first-order valence-electron chi connectivity index (χ1n) is 8.63. The summed E-state index contributed by atoms with van der Waals surface area (Å²) in [4.78, 5) is 14.6. The van der Waals surface area contributed by atoms with Gasteiger partial charge in [0.1, 0.15) is 0 Å². The summed E-state index contributed by atoms with van der Waals surface area (Å²) in [6.45, 7) is 2.66. The Bertz CT molecular complexity index is 824. The molecule has 2 aromatic rings. The zero-order valence-electron chi connectivity index (χ0n) is 15.9. The highest BCUT2D eigenvalue weighted by Crippen LogP contribution is 2.34. The summed E-state index contributed by atoms with van der Waals surface area (Å²) in [5, 5.41) is 2.92. The van der Waals surface area contributed by atoms with E-state index in [9.17, 15) is 4.79 Å². The Hall–Kier alpha value is -2.93. The molecule has 0 aromatic heterocycles. The number of carbonyl (C=O) groups excluding carboxylic acids is 1. The second-order valence-corrected chi connectivity index (χ2v) is 6.34. The van der Waals surface area contributed by atoms with Crippen molar-refractivity contribution in [1.29, 1.82) is 0 Å². The van der Waals surface area contributed by atoms with E-state index in [0.717, 1.165) is 5.56 Å². The molecule has 1 heterocycles. The van der Waals surface area contributed by atoms with E-state index in [1.54, 1.807) is 32.4 Å². The van der Waals surface area contributed by atoms with Crippen LogP contribution >= 0.6 is 0 Å². The molecular weight excluding hydrogens is 348 g/mol. The van der Waals surface area contributed by atoms with Crippen LogP contribution in [0.5, 0.6) is 23.0 Å². The molecule has 0 saturated carbocycles. The quantitative estimate of drug-likeness (QED) is 0.806. The van der Waals surface area contributed by atoms with Crippen molar-refractivity contribution in [3.05, 3.63) is 42.0 Å². The molecule has 1 aliphatic rings. The molecule has 3 rings (SSSR count). The molecule has 0 fully saturated rings. The third kappa shape index (κ3) is 4.25. The van der Waals surface area contributed by atoms with E-state index in [2.05, 4.69) is 5.32 Å². The maximum Gasteiger partial charge on any atom is 0.241 e. The van der Waals surface area contributed by atoms with E-state index in [4.69, 9.17) is 18.9 Å². The third-order valence-electron chi connectivity index (χ3n) is 4.56. The predicted molar refractivity (Wildman–Crippen MR) is 102 cm³/mol. The summed E-state index contributed by atoms with van der Waals surface area (Å²) < 4.78 is 21.2. The standard InChI is InChI=1S/C20H24N2O5/c1-13(20(23)21-15-6-8-17-19(10-15)27-12-26-17)22(2)11-14-5-7-16(24-3)18(9-14)25-4/h5-10,13H,11-12H2,1-4H3,(H,21,23)/t13-/m0/s1. The lowest BCUT2D eigenvalue weighted by atomic mass is 10.1. The predicted octanol–water partition coefficient (Wildman–Crippen LogP) is 2.89. The molecule has 0 saturated heterocycles. The van der Waals surface area contributed by atoms with Crippen molar-refractivity contribution in [3.8, 4) is 23.0 Å². The molecule has 27 heavy (non-hydrogen) atoms. The van der Waals surface area contributed by atoms with Gasteiger partial charge in [-0.2, -0.15) is 0 Å². The molecule has 7 heteroatoms. The zero-order chi connectivity index (χ0) is 19.4. The summed E-state index contributed by atoms with van der Waals surface area (Å²) >= 11 is 0. The molecule has 2 aromatic carbocycles. The minimum atomic E-state index is -0.330. The number of hydrogen-bond acceptors (Lipinski definition) is 6. The lowest BCUT2D eigenvalue weighted by Crippen LogP contribution is -2.39. The fourth-order valence-corrected chi connectivity index (χ4v) is 2.83.